The fraction of sp³-hybridized carbons (Fsp3) is 0.538. The summed E-state index contributed by atoms with van der Waals surface area (Å²) in [6.45, 7) is 3.39. The molecule has 0 aromatic heterocycles. The van der Waals surface area contributed by atoms with Gasteiger partial charge in [-0.25, -0.2) is 4.79 Å². The second kappa shape index (κ2) is 7.75. The van der Waals surface area contributed by atoms with Gasteiger partial charge in [0, 0.05) is 13.3 Å². The molecule has 0 aliphatic rings. The second-order valence-corrected chi connectivity index (χ2v) is 7.08. The molecule has 0 radical (unpaired) electrons. The van der Waals surface area contributed by atoms with Crippen LogP contribution in [0.5, 0.6) is 0 Å². The lowest BCUT2D eigenvalue weighted by molar-refractivity contribution is -0.165. The van der Waals surface area contributed by atoms with Crippen molar-refractivity contribution >= 4 is 19.3 Å². The van der Waals surface area contributed by atoms with Gasteiger partial charge in [-0.05, 0) is 6.92 Å². The van der Waals surface area contributed by atoms with Crippen LogP contribution in [0.15, 0.2) is 0 Å². The van der Waals surface area contributed by atoms with Crippen LogP contribution < -0.4 is 0 Å². The van der Waals surface area contributed by atoms with Crippen LogP contribution in [0, 0.1) is 24.7 Å². The summed E-state index contributed by atoms with van der Waals surface area (Å²) in [4.78, 5) is 23.4. The molecule has 0 aromatic rings. The summed E-state index contributed by atoms with van der Waals surface area (Å²) >= 11 is 0. The molecule has 110 valence electrons. The minimum Gasteiger partial charge on any atom is -0.452 e. The zero-order valence-corrected chi connectivity index (χ0v) is 12.6. The number of esters is 2. The van der Waals surface area contributed by atoms with Gasteiger partial charge in [0.1, 0.15) is 0 Å². The van der Waals surface area contributed by atoms with Crippen molar-refractivity contribution in [2.75, 3.05) is 26.5 Å². The van der Waals surface area contributed by atoms with Crippen molar-refractivity contribution in [1.29, 1.82) is 0 Å². The summed E-state index contributed by atoms with van der Waals surface area (Å²) in [5, 5.41) is 0. The van der Waals surface area contributed by atoms with Gasteiger partial charge in [-0.1, -0.05) is 11.8 Å². The van der Waals surface area contributed by atoms with Crippen molar-refractivity contribution in [3.05, 3.63) is 0 Å². The van der Waals surface area contributed by atoms with Gasteiger partial charge >= 0.3 is 11.9 Å². The summed E-state index contributed by atoms with van der Waals surface area (Å²) in [7, 11) is -3.06. The Morgan fingerprint density at radius 1 is 1.15 bits per heavy atom. The average Bonchev–Trinajstić information content (AvgIpc) is 2.30. The zero-order valence-electron chi connectivity index (χ0n) is 11.7. The largest absolute Gasteiger partial charge is 0.452 e. The van der Waals surface area contributed by atoms with Crippen LogP contribution in [-0.2, 0) is 28.2 Å². The molecule has 0 aliphatic carbocycles. The molecule has 0 heterocycles. The standard InChI is InChI=1S/C13H17O6P/c1-6-8-17-11(14)10-13(3,19-20(4,5)16)12(15)18-9-7-2/h1-2H,8-10H2,3-5H3. The fourth-order valence-corrected chi connectivity index (χ4v) is 2.44. The van der Waals surface area contributed by atoms with Gasteiger partial charge in [-0.15, -0.1) is 12.8 Å². The Bertz CT molecular complexity index is 492. The first-order valence-corrected chi connectivity index (χ1v) is 8.12. The Morgan fingerprint density at radius 3 is 2.10 bits per heavy atom. The Hall–Kier alpha value is -1.75. The molecule has 20 heavy (non-hydrogen) atoms. The minimum atomic E-state index is -3.06. The van der Waals surface area contributed by atoms with Crippen molar-refractivity contribution in [3.8, 4) is 24.7 Å². The van der Waals surface area contributed by atoms with Crippen LogP contribution in [0.2, 0.25) is 0 Å². The van der Waals surface area contributed by atoms with Gasteiger partial charge in [-0.3, -0.25) is 9.36 Å². The fourth-order valence-electron chi connectivity index (χ4n) is 1.34. The molecule has 0 aliphatic heterocycles. The maximum Gasteiger partial charge on any atom is 0.340 e. The molecule has 6 nitrogen and oxygen atoms in total. The smallest absolute Gasteiger partial charge is 0.340 e. The Morgan fingerprint density at radius 2 is 1.65 bits per heavy atom. The van der Waals surface area contributed by atoms with E-state index in [-0.39, 0.29) is 13.2 Å². The summed E-state index contributed by atoms with van der Waals surface area (Å²) < 4.78 is 26.3. The average molecular weight is 300 g/mol. The van der Waals surface area contributed by atoms with Crippen molar-refractivity contribution < 1.29 is 28.2 Å². The molecule has 0 spiro atoms. The summed E-state index contributed by atoms with van der Waals surface area (Å²) in [6.07, 6.45) is 9.45. The van der Waals surface area contributed by atoms with E-state index in [1.807, 2.05) is 0 Å². The molecule has 0 saturated heterocycles. The van der Waals surface area contributed by atoms with Crippen LogP contribution in [0.4, 0.5) is 0 Å². The van der Waals surface area contributed by atoms with Gasteiger partial charge in [0.15, 0.2) is 26.2 Å². The molecular formula is C13H17O6P. The number of terminal acetylenes is 2. The van der Waals surface area contributed by atoms with Gasteiger partial charge in [0.25, 0.3) is 0 Å². The monoisotopic (exact) mass is 300 g/mol. The number of carbonyl (C=O) groups excluding carboxylic acids is 2. The van der Waals surface area contributed by atoms with E-state index in [1.165, 1.54) is 20.3 Å². The molecule has 0 amide bonds. The van der Waals surface area contributed by atoms with E-state index in [2.05, 4.69) is 16.6 Å². The van der Waals surface area contributed by atoms with E-state index in [0.717, 1.165) is 0 Å². The number of hydrogen-bond acceptors (Lipinski definition) is 6. The van der Waals surface area contributed by atoms with Crippen LogP contribution in [0.3, 0.4) is 0 Å². The third-order valence-electron chi connectivity index (χ3n) is 1.94. The van der Waals surface area contributed by atoms with Gasteiger partial charge < -0.3 is 14.0 Å². The van der Waals surface area contributed by atoms with Gasteiger partial charge in [-0.2, -0.15) is 0 Å². The van der Waals surface area contributed by atoms with Crippen molar-refractivity contribution in [1.82, 2.24) is 0 Å². The number of hydrogen-bond donors (Lipinski definition) is 0. The highest BCUT2D eigenvalue weighted by Gasteiger charge is 2.42. The molecule has 0 N–H and O–H groups in total. The highest BCUT2D eigenvalue weighted by Crippen LogP contribution is 2.44. The quantitative estimate of drug-likeness (QED) is 0.397. The first-order valence-electron chi connectivity index (χ1n) is 5.60. The van der Waals surface area contributed by atoms with E-state index in [1.54, 1.807) is 0 Å². The predicted octanol–water partition coefficient (Wildman–Crippen LogP) is 1.04. The third kappa shape index (κ3) is 6.99. The molecule has 0 fully saturated rings. The van der Waals surface area contributed by atoms with E-state index < -0.39 is 31.3 Å². The predicted molar refractivity (Wildman–Crippen MR) is 73.1 cm³/mol. The third-order valence-corrected chi connectivity index (χ3v) is 2.78. The van der Waals surface area contributed by atoms with Crippen LogP contribution >= 0.6 is 7.37 Å². The second-order valence-electron chi connectivity index (χ2n) is 4.40. The van der Waals surface area contributed by atoms with E-state index >= 15 is 0 Å². The highest BCUT2D eigenvalue weighted by molar-refractivity contribution is 7.57. The molecule has 0 aromatic carbocycles. The maximum atomic E-state index is 11.9. The van der Waals surface area contributed by atoms with Crippen LogP contribution in [0.1, 0.15) is 13.3 Å². The van der Waals surface area contributed by atoms with Crippen molar-refractivity contribution in [3.63, 3.8) is 0 Å². The molecule has 0 saturated carbocycles. The number of rotatable bonds is 7. The highest BCUT2D eigenvalue weighted by atomic mass is 31.2. The summed E-state index contributed by atoms with van der Waals surface area (Å²) in [6, 6.07) is 0. The van der Waals surface area contributed by atoms with Crippen LogP contribution in [0.25, 0.3) is 0 Å². The molecule has 1 atom stereocenters. The molecule has 7 heteroatoms. The number of carbonyl (C=O) groups is 2. The SMILES string of the molecule is C#CCOC(=O)CC(C)(OP(C)(C)=O)C(=O)OCC#C. The maximum absolute atomic E-state index is 11.9. The molecule has 1 unspecified atom stereocenters. The molecule has 0 rings (SSSR count). The van der Waals surface area contributed by atoms with E-state index in [0.29, 0.717) is 0 Å². The van der Waals surface area contributed by atoms with Gasteiger partial charge in [0.2, 0.25) is 0 Å². The summed E-state index contributed by atoms with van der Waals surface area (Å²) in [5.74, 6) is 2.57. The number of ether oxygens (including phenoxy) is 2. The normalized spacial score (nSPS) is 13.4. The lowest BCUT2D eigenvalue weighted by Crippen LogP contribution is -2.41. The van der Waals surface area contributed by atoms with Crippen molar-refractivity contribution in [2.24, 2.45) is 0 Å². The Kier molecular flexibility index (Phi) is 7.07. The molecular weight excluding hydrogens is 283 g/mol. The van der Waals surface area contributed by atoms with E-state index in [9.17, 15) is 14.2 Å². The lowest BCUT2D eigenvalue weighted by atomic mass is 10.0. The van der Waals surface area contributed by atoms with Crippen LogP contribution in [-0.4, -0.2) is 44.1 Å². The summed E-state index contributed by atoms with van der Waals surface area (Å²) in [5.41, 5.74) is -1.75. The first kappa shape index (κ1) is 18.2. The Balaban J connectivity index is 5.02. The topological polar surface area (TPSA) is 78.9 Å². The Labute approximate surface area is 118 Å². The minimum absolute atomic E-state index is 0.232. The van der Waals surface area contributed by atoms with E-state index in [4.69, 9.17) is 22.1 Å². The zero-order chi connectivity index (χ0) is 15.8. The van der Waals surface area contributed by atoms with Gasteiger partial charge in [0.05, 0.1) is 6.42 Å². The first-order chi connectivity index (χ1) is 9.14. The van der Waals surface area contributed by atoms with Crippen molar-refractivity contribution in [2.45, 2.75) is 18.9 Å². The lowest BCUT2D eigenvalue weighted by Gasteiger charge is -2.28. The molecule has 0 bridgehead atoms.